The number of nitrogens with one attached hydrogen (secondary N) is 2. The molecule has 4 heterocycles. The van der Waals surface area contributed by atoms with Crippen molar-refractivity contribution in [2.45, 2.75) is 25.2 Å². The maximum atomic E-state index is 15.3. The number of fused-ring (bicyclic) bond motifs is 1. The molecule has 0 atom stereocenters. The Balaban J connectivity index is 1.38. The van der Waals surface area contributed by atoms with Crippen molar-refractivity contribution in [2.75, 3.05) is 45.8 Å². The maximum absolute atomic E-state index is 15.3. The molecule has 1 aromatic carbocycles. The van der Waals surface area contributed by atoms with Gasteiger partial charge in [-0.25, -0.2) is 19.3 Å². The molecule has 1 aliphatic heterocycles. The fourth-order valence-corrected chi connectivity index (χ4v) is 4.98. The van der Waals surface area contributed by atoms with Gasteiger partial charge in [-0.2, -0.15) is 0 Å². The predicted molar refractivity (Wildman–Crippen MR) is 145 cm³/mol. The van der Waals surface area contributed by atoms with Crippen LogP contribution in [0.25, 0.3) is 22.0 Å². The minimum Gasteiger partial charge on any atom is -0.467 e. The van der Waals surface area contributed by atoms with E-state index in [0.717, 1.165) is 51.1 Å². The Morgan fingerprint density at radius 2 is 1.92 bits per heavy atom. The molecule has 0 saturated carbocycles. The Morgan fingerprint density at radius 3 is 2.63 bits per heavy atom. The molecule has 2 N–H and O–H groups in total. The third-order valence-corrected chi connectivity index (χ3v) is 6.97. The minimum atomic E-state index is -0.288. The van der Waals surface area contributed by atoms with Gasteiger partial charge >= 0.3 is 6.01 Å². The number of rotatable bonds is 9. The van der Waals surface area contributed by atoms with Crippen LogP contribution in [0.15, 0.2) is 53.7 Å². The molecule has 0 spiro atoms. The third kappa shape index (κ3) is 5.66. The summed E-state index contributed by atoms with van der Waals surface area (Å²) in [4.78, 5) is 30.8. The van der Waals surface area contributed by atoms with Gasteiger partial charge in [0.05, 0.1) is 18.2 Å². The highest BCUT2D eigenvalue weighted by Crippen LogP contribution is 2.33. The lowest BCUT2D eigenvalue weighted by Gasteiger charge is -2.32. The Hall–Kier alpha value is -3.89. The van der Waals surface area contributed by atoms with E-state index < -0.39 is 0 Å². The summed E-state index contributed by atoms with van der Waals surface area (Å²) in [5, 5.41) is 4.24. The molecule has 1 saturated heterocycles. The highest BCUT2D eigenvalue weighted by molar-refractivity contribution is 5.95. The molecule has 0 bridgehead atoms. The first-order valence-electron chi connectivity index (χ1n) is 12.7. The number of hydrogen-bond acceptors (Lipinski definition) is 8. The van der Waals surface area contributed by atoms with Crippen molar-refractivity contribution >= 4 is 22.3 Å². The van der Waals surface area contributed by atoms with E-state index in [0.29, 0.717) is 33.5 Å². The van der Waals surface area contributed by atoms with E-state index in [9.17, 15) is 4.79 Å². The van der Waals surface area contributed by atoms with Gasteiger partial charge in [-0.3, -0.25) is 4.79 Å². The van der Waals surface area contributed by atoms with Crippen LogP contribution in [0, 0.1) is 5.82 Å². The molecule has 10 heteroatoms. The first-order valence-corrected chi connectivity index (χ1v) is 12.7. The van der Waals surface area contributed by atoms with Crippen molar-refractivity contribution in [2.24, 2.45) is 0 Å². The predicted octanol–water partition coefficient (Wildman–Crippen LogP) is 4.49. The van der Waals surface area contributed by atoms with Crippen molar-refractivity contribution in [3.05, 3.63) is 70.7 Å². The monoisotopic (exact) mass is 518 g/mol. The molecule has 5 rings (SSSR count). The van der Waals surface area contributed by atoms with E-state index in [1.54, 1.807) is 37.8 Å². The minimum absolute atomic E-state index is 0.183. The number of benzene rings is 1. The van der Waals surface area contributed by atoms with Crippen LogP contribution in [-0.4, -0.2) is 65.3 Å². The molecule has 0 unspecified atom stereocenters. The molecule has 0 amide bonds. The Bertz CT molecular complexity index is 1450. The summed E-state index contributed by atoms with van der Waals surface area (Å²) >= 11 is 0. The van der Waals surface area contributed by atoms with Crippen LogP contribution >= 0.6 is 0 Å². The topological polar surface area (TPSA) is 105 Å². The highest BCUT2D eigenvalue weighted by Gasteiger charge is 2.23. The number of methoxy groups -OCH3 is 2. The standard InChI is InChI=1S/C28H31FN6O3/c1-37-13-3-10-35-11-7-18(8-12-35)22-5-4-21(15-23(22)29)33-26-25-19(6-9-30-27(25)36)14-24(34-26)20-16-31-28(38-2)32-17-20/h4-6,9,14-18H,3,7-8,10-13H2,1-2H3,(H,30,36)(H,33,34). The lowest BCUT2D eigenvalue weighted by molar-refractivity contribution is 0.157. The largest absolute Gasteiger partial charge is 0.467 e. The fraction of sp³-hybridized carbons (Fsp3) is 0.357. The number of hydrogen-bond donors (Lipinski definition) is 2. The zero-order valence-corrected chi connectivity index (χ0v) is 21.5. The highest BCUT2D eigenvalue weighted by atomic mass is 19.1. The second-order valence-electron chi connectivity index (χ2n) is 9.41. The average molecular weight is 519 g/mol. The van der Waals surface area contributed by atoms with E-state index in [1.165, 1.54) is 13.2 Å². The Morgan fingerprint density at radius 1 is 1.13 bits per heavy atom. The SMILES string of the molecule is COCCCN1CCC(c2ccc(Nc3nc(-c4cnc(OC)nc4)cc4cc[nH]c(=O)c34)cc2F)CC1. The van der Waals surface area contributed by atoms with E-state index >= 15 is 4.39 Å². The van der Waals surface area contributed by atoms with Gasteiger partial charge in [0.1, 0.15) is 11.6 Å². The lowest BCUT2D eigenvalue weighted by atomic mass is 9.89. The summed E-state index contributed by atoms with van der Waals surface area (Å²) < 4.78 is 25.5. The van der Waals surface area contributed by atoms with Crippen LogP contribution < -0.4 is 15.6 Å². The normalized spacial score (nSPS) is 14.6. The van der Waals surface area contributed by atoms with Crippen LogP contribution in [-0.2, 0) is 4.74 Å². The number of aromatic amines is 1. The zero-order valence-electron chi connectivity index (χ0n) is 21.5. The van der Waals surface area contributed by atoms with Crippen LogP contribution in [0.1, 0.15) is 30.7 Å². The van der Waals surface area contributed by atoms with Gasteiger partial charge in [-0.05, 0) is 73.5 Å². The number of piperidine rings is 1. The summed E-state index contributed by atoms with van der Waals surface area (Å²) in [6, 6.07) is 9.01. The summed E-state index contributed by atoms with van der Waals surface area (Å²) in [6.45, 7) is 3.67. The summed E-state index contributed by atoms with van der Waals surface area (Å²) in [7, 11) is 3.21. The van der Waals surface area contributed by atoms with E-state index in [1.807, 2.05) is 12.1 Å². The molecule has 4 aromatic rings. The van der Waals surface area contributed by atoms with Gasteiger partial charge < -0.3 is 24.7 Å². The molecule has 0 aliphatic carbocycles. The van der Waals surface area contributed by atoms with E-state index in [2.05, 4.69) is 30.2 Å². The molecule has 3 aromatic heterocycles. The third-order valence-electron chi connectivity index (χ3n) is 6.97. The van der Waals surface area contributed by atoms with Gasteiger partial charge in [0.2, 0.25) is 0 Å². The second-order valence-corrected chi connectivity index (χ2v) is 9.41. The first kappa shape index (κ1) is 25.7. The molecular formula is C28H31FN6O3. The van der Waals surface area contributed by atoms with Crippen LogP contribution in [0.4, 0.5) is 15.9 Å². The lowest BCUT2D eigenvalue weighted by Crippen LogP contribution is -2.34. The average Bonchev–Trinajstić information content (AvgIpc) is 2.94. The van der Waals surface area contributed by atoms with Crippen molar-refractivity contribution in [3.63, 3.8) is 0 Å². The molecule has 198 valence electrons. The molecule has 9 nitrogen and oxygen atoms in total. The van der Waals surface area contributed by atoms with Gasteiger partial charge in [-0.15, -0.1) is 0 Å². The van der Waals surface area contributed by atoms with Crippen LogP contribution in [0.2, 0.25) is 0 Å². The molecule has 1 aliphatic rings. The van der Waals surface area contributed by atoms with Crippen LogP contribution in [0.5, 0.6) is 6.01 Å². The first-order chi connectivity index (χ1) is 18.6. The number of pyridine rings is 2. The number of halogens is 1. The molecule has 38 heavy (non-hydrogen) atoms. The van der Waals surface area contributed by atoms with Gasteiger partial charge in [0.25, 0.3) is 5.56 Å². The van der Waals surface area contributed by atoms with Crippen molar-refractivity contribution in [3.8, 4) is 17.3 Å². The van der Waals surface area contributed by atoms with Crippen molar-refractivity contribution in [1.29, 1.82) is 0 Å². The Labute approximate surface area is 220 Å². The number of ether oxygens (including phenoxy) is 2. The van der Waals surface area contributed by atoms with Crippen molar-refractivity contribution in [1.82, 2.24) is 24.8 Å². The summed E-state index contributed by atoms with van der Waals surface area (Å²) in [6.07, 6.45) is 7.64. The van der Waals surface area contributed by atoms with Crippen LogP contribution in [0.3, 0.4) is 0 Å². The van der Waals surface area contributed by atoms with E-state index in [-0.39, 0.29) is 23.3 Å². The number of anilines is 2. The van der Waals surface area contributed by atoms with Gasteiger partial charge in [0.15, 0.2) is 0 Å². The Kier molecular flexibility index (Phi) is 7.90. The van der Waals surface area contributed by atoms with Crippen molar-refractivity contribution < 1.29 is 13.9 Å². The zero-order chi connectivity index (χ0) is 26.5. The maximum Gasteiger partial charge on any atom is 0.316 e. The number of nitrogens with zero attached hydrogens (tertiary/aromatic N) is 4. The number of H-pyrrole nitrogens is 1. The molecule has 0 radical (unpaired) electrons. The summed E-state index contributed by atoms with van der Waals surface area (Å²) in [5.41, 5.74) is 2.19. The van der Waals surface area contributed by atoms with E-state index in [4.69, 9.17) is 9.47 Å². The number of aromatic nitrogens is 4. The summed E-state index contributed by atoms with van der Waals surface area (Å²) in [5.74, 6) is 0.250. The fourth-order valence-electron chi connectivity index (χ4n) is 4.98. The second kappa shape index (κ2) is 11.7. The molecular weight excluding hydrogens is 487 g/mol. The number of likely N-dealkylation sites (tertiary alicyclic amines) is 1. The quantitative estimate of drug-likeness (QED) is 0.313. The van der Waals surface area contributed by atoms with Gasteiger partial charge in [-0.1, -0.05) is 6.07 Å². The van der Waals surface area contributed by atoms with Gasteiger partial charge in [0, 0.05) is 50.1 Å². The molecule has 1 fully saturated rings. The smallest absolute Gasteiger partial charge is 0.316 e.